The summed E-state index contributed by atoms with van der Waals surface area (Å²) in [5, 5.41) is 11.8. The Balaban J connectivity index is 1.55. The second-order valence-corrected chi connectivity index (χ2v) is 7.75. The molecule has 3 aromatic rings. The third-order valence-corrected chi connectivity index (χ3v) is 5.45. The molecule has 12 heteroatoms. The normalized spacial score (nSPS) is 15.6. The molecule has 0 bridgehead atoms. The van der Waals surface area contributed by atoms with Gasteiger partial charge >= 0.3 is 6.09 Å². The van der Waals surface area contributed by atoms with Crippen molar-refractivity contribution in [2.24, 2.45) is 0 Å². The van der Waals surface area contributed by atoms with Crippen molar-refractivity contribution in [2.75, 3.05) is 37.0 Å². The van der Waals surface area contributed by atoms with Gasteiger partial charge in [-0.2, -0.15) is 4.98 Å². The SMILES string of the molecule is CCOc1nc(N2CC[C@@H](N(C)C(=O)O)C2)ncc1C(=O)Nc1cc(F)c2nc(C)cn2c1. The second-order valence-electron chi connectivity index (χ2n) is 7.75. The zero-order chi connectivity index (χ0) is 23.7. The quantitative estimate of drug-likeness (QED) is 0.578. The van der Waals surface area contributed by atoms with Gasteiger partial charge in [-0.1, -0.05) is 0 Å². The number of aryl methyl sites for hydroxylation is 1. The summed E-state index contributed by atoms with van der Waals surface area (Å²) < 4.78 is 21.4. The highest BCUT2D eigenvalue weighted by atomic mass is 19.1. The molecular formula is C21H24FN7O4. The van der Waals surface area contributed by atoms with Crippen molar-refractivity contribution in [1.82, 2.24) is 24.3 Å². The maximum absolute atomic E-state index is 14.3. The predicted molar refractivity (Wildman–Crippen MR) is 117 cm³/mol. The maximum atomic E-state index is 14.3. The summed E-state index contributed by atoms with van der Waals surface area (Å²) in [4.78, 5) is 40.0. The third-order valence-electron chi connectivity index (χ3n) is 5.45. The minimum Gasteiger partial charge on any atom is -0.477 e. The van der Waals surface area contributed by atoms with Gasteiger partial charge in [-0.25, -0.2) is 19.2 Å². The molecule has 1 aliphatic rings. The number of likely N-dealkylation sites (N-methyl/N-ethyl adjacent to an activating group) is 1. The zero-order valence-corrected chi connectivity index (χ0v) is 18.4. The van der Waals surface area contributed by atoms with Gasteiger partial charge in [-0.05, 0) is 20.3 Å². The summed E-state index contributed by atoms with van der Waals surface area (Å²) in [5.41, 5.74) is 1.17. The van der Waals surface area contributed by atoms with E-state index in [0.29, 0.717) is 31.2 Å². The Kier molecular flexibility index (Phi) is 5.99. The third kappa shape index (κ3) is 4.49. The summed E-state index contributed by atoms with van der Waals surface area (Å²) in [6.45, 7) is 4.80. The first-order chi connectivity index (χ1) is 15.8. The Labute approximate surface area is 188 Å². The summed E-state index contributed by atoms with van der Waals surface area (Å²) >= 11 is 0. The van der Waals surface area contributed by atoms with E-state index in [1.54, 1.807) is 26.2 Å². The fraction of sp³-hybridized carbons (Fsp3) is 0.381. The van der Waals surface area contributed by atoms with Crippen LogP contribution in [0.25, 0.3) is 5.65 Å². The van der Waals surface area contributed by atoms with Crippen molar-refractivity contribution in [3.05, 3.63) is 41.7 Å². The molecule has 1 fully saturated rings. The number of rotatable bonds is 6. The maximum Gasteiger partial charge on any atom is 0.407 e. The van der Waals surface area contributed by atoms with E-state index in [4.69, 9.17) is 4.74 Å². The zero-order valence-electron chi connectivity index (χ0n) is 18.4. The number of carboxylic acid groups (broad SMARTS) is 1. The smallest absolute Gasteiger partial charge is 0.407 e. The van der Waals surface area contributed by atoms with Gasteiger partial charge in [0.05, 0.1) is 24.0 Å². The molecule has 0 spiro atoms. The van der Waals surface area contributed by atoms with Crippen LogP contribution in [0, 0.1) is 12.7 Å². The van der Waals surface area contributed by atoms with Crippen LogP contribution in [0.2, 0.25) is 0 Å². The minimum absolute atomic E-state index is 0.0927. The van der Waals surface area contributed by atoms with Gasteiger partial charge in [0.25, 0.3) is 5.91 Å². The van der Waals surface area contributed by atoms with Crippen molar-refractivity contribution < 1.29 is 23.8 Å². The number of amides is 2. The number of fused-ring (bicyclic) bond motifs is 1. The van der Waals surface area contributed by atoms with E-state index in [9.17, 15) is 19.1 Å². The lowest BCUT2D eigenvalue weighted by atomic mass is 10.2. The topological polar surface area (TPSA) is 125 Å². The summed E-state index contributed by atoms with van der Waals surface area (Å²) in [5.74, 6) is -0.675. The van der Waals surface area contributed by atoms with Gasteiger partial charge in [0, 0.05) is 44.8 Å². The van der Waals surface area contributed by atoms with E-state index in [0.717, 1.165) is 0 Å². The molecule has 0 aromatic carbocycles. The molecule has 2 N–H and O–H groups in total. The lowest BCUT2D eigenvalue weighted by molar-refractivity contribution is 0.102. The predicted octanol–water partition coefficient (Wildman–Crippen LogP) is 2.41. The first-order valence-corrected chi connectivity index (χ1v) is 10.4. The largest absolute Gasteiger partial charge is 0.477 e. The van der Waals surface area contributed by atoms with Crippen LogP contribution in [0.15, 0.2) is 24.7 Å². The highest BCUT2D eigenvalue weighted by Gasteiger charge is 2.30. The van der Waals surface area contributed by atoms with Crippen molar-refractivity contribution >= 4 is 29.3 Å². The number of carbonyl (C=O) groups excluding carboxylic acids is 1. The van der Waals surface area contributed by atoms with Crippen molar-refractivity contribution in [3.8, 4) is 5.88 Å². The molecule has 4 rings (SSSR count). The van der Waals surface area contributed by atoms with E-state index in [1.165, 1.54) is 28.6 Å². The number of hydrogen-bond donors (Lipinski definition) is 2. The van der Waals surface area contributed by atoms with E-state index < -0.39 is 17.8 Å². The number of aromatic nitrogens is 4. The first kappa shape index (κ1) is 22.2. The van der Waals surface area contributed by atoms with Gasteiger partial charge in [-0.3, -0.25) is 4.79 Å². The summed E-state index contributed by atoms with van der Waals surface area (Å²) in [6.07, 6.45) is 4.22. The molecule has 2 amide bonds. The van der Waals surface area contributed by atoms with E-state index in [2.05, 4.69) is 20.3 Å². The van der Waals surface area contributed by atoms with E-state index in [1.807, 2.05) is 4.90 Å². The number of imidazole rings is 1. The standard InChI is InChI=1S/C21H24FN7O4/c1-4-33-19-15(8-23-20(26-19)28-6-5-14(11-28)27(3)21(31)32)18(30)25-13-7-16(22)17-24-12(2)9-29(17)10-13/h7-10,14H,4-6,11H2,1-3H3,(H,25,30)(H,31,32)/t14-/m1/s1. The molecule has 1 aliphatic heterocycles. The van der Waals surface area contributed by atoms with Crippen LogP contribution in [0.3, 0.4) is 0 Å². The number of hydrogen-bond acceptors (Lipinski definition) is 7. The number of pyridine rings is 1. The molecular weight excluding hydrogens is 433 g/mol. The average molecular weight is 457 g/mol. The number of halogens is 1. The molecule has 11 nitrogen and oxygen atoms in total. The lowest BCUT2D eigenvalue weighted by Crippen LogP contribution is -2.38. The lowest BCUT2D eigenvalue weighted by Gasteiger charge is -2.22. The number of carbonyl (C=O) groups is 2. The van der Waals surface area contributed by atoms with Crippen molar-refractivity contribution in [3.63, 3.8) is 0 Å². The van der Waals surface area contributed by atoms with Crippen LogP contribution in [0.5, 0.6) is 5.88 Å². The number of ether oxygens (including phenoxy) is 1. The number of anilines is 2. The molecule has 0 unspecified atom stereocenters. The van der Waals surface area contributed by atoms with E-state index in [-0.39, 0.29) is 35.4 Å². The molecule has 174 valence electrons. The van der Waals surface area contributed by atoms with Crippen LogP contribution in [-0.4, -0.2) is 74.1 Å². The van der Waals surface area contributed by atoms with Gasteiger partial charge in [0.1, 0.15) is 5.56 Å². The molecule has 0 saturated carbocycles. The highest BCUT2D eigenvalue weighted by Crippen LogP contribution is 2.25. The Morgan fingerprint density at radius 1 is 1.36 bits per heavy atom. The van der Waals surface area contributed by atoms with Gasteiger partial charge in [0.2, 0.25) is 11.8 Å². The number of nitrogens with one attached hydrogen (secondary N) is 1. The Bertz CT molecular complexity index is 1210. The van der Waals surface area contributed by atoms with Crippen molar-refractivity contribution in [1.29, 1.82) is 0 Å². The van der Waals surface area contributed by atoms with Crippen LogP contribution in [0.4, 0.5) is 20.8 Å². The fourth-order valence-electron chi connectivity index (χ4n) is 3.75. The molecule has 1 saturated heterocycles. The second kappa shape index (κ2) is 8.88. The summed E-state index contributed by atoms with van der Waals surface area (Å²) in [6, 6.07) is 1.01. The molecule has 3 aromatic heterocycles. The van der Waals surface area contributed by atoms with Gasteiger partial charge in [0.15, 0.2) is 11.5 Å². The Morgan fingerprint density at radius 3 is 2.88 bits per heavy atom. The Hall–Kier alpha value is -3.96. The molecule has 4 heterocycles. The van der Waals surface area contributed by atoms with Crippen LogP contribution < -0.4 is 15.0 Å². The Morgan fingerprint density at radius 2 is 2.15 bits per heavy atom. The fourth-order valence-corrected chi connectivity index (χ4v) is 3.75. The minimum atomic E-state index is -0.995. The van der Waals surface area contributed by atoms with Gasteiger partial charge in [-0.15, -0.1) is 0 Å². The van der Waals surface area contributed by atoms with Crippen LogP contribution in [-0.2, 0) is 0 Å². The molecule has 0 radical (unpaired) electrons. The molecule has 0 aliphatic carbocycles. The number of nitrogens with zero attached hydrogens (tertiary/aromatic N) is 6. The van der Waals surface area contributed by atoms with E-state index >= 15 is 0 Å². The first-order valence-electron chi connectivity index (χ1n) is 10.4. The molecule has 1 atom stereocenters. The van der Waals surface area contributed by atoms with Crippen LogP contribution >= 0.6 is 0 Å². The van der Waals surface area contributed by atoms with Crippen molar-refractivity contribution in [2.45, 2.75) is 26.3 Å². The average Bonchev–Trinajstić information content (AvgIpc) is 3.40. The summed E-state index contributed by atoms with van der Waals surface area (Å²) in [7, 11) is 1.53. The monoisotopic (exact) mass is 457 g/mol. The molecule has 33 heavy (non-hydrogen) atoms. The van der Waals surface area contributed by atoms with Crippen LogP contribution in [0.1, 0.15) is 29.4 Å². The van der Waals surface area contributed by atoms with Gasteiger partial charge < -0.3 is 29.4 Å². The highest BCUT2D eigenvalue weighted by molar-refractivity contribution is 6.05.